The highest BCUT2D eigenvalue weighted by atomic mass is 15.1. The second-order valence-electron chi connectivity index (χ2n) is 5.98. The number of benzene rings is 1. The molecule has 2 heteroatoms. The smallest absolute Gasteiger partial charge is 0.0233 e. The lowest BCUT2D eigenvalue weighted by Crippen LogP contribution is -2.38. The van der Waals surface area contributed by atoms with Gasteiger partial charge >= 0.3 is 0 Å². The minimum absolute atomic E-state index is 0.311. The molecule has 1 rings (SSSR count). The van der Waals surface area contributed by atoms with Crippen molar-refractivity contribution in [1.82, 2.24) is 4.90 Å². The van der Waals surface area contributed by atoms with Gasteiger partial charge in [0.15, 0.2) is 0 Å². The molecule has 0 saturated heterocycles. The van der Waals surface area contributed by atoms with Crippen molar-refractivity contribution in [3.05, 3.63) is 35.4 Å². The molecule has 17 heavy (non-hydrogen) atoms. The molecule has 2 nitrogen and oxygen atoms in total. The van der Waals surface area contributed by atoms with E-state index in [2.05, 4.69) is 63.9 Å². The minimum atomic E-state index is 0.311. The van der Waals surface area contributed by atoms with E-state index in [-0.39, 0.29) is 0 Å². The van der Waals surface area contributed by atoms with Gasteiger partial charge in [-0.05, 0) is 30.5 Å². The average Bonchev–Trinajstić information content (AvgIpc) is 2.27. The Kier molecular flexibility index (Phi) is 4.72. The average molecular weight is 234 g/mol. The minimum Gasteiger partial charge on any atom is -0.326 e. The number of rotatable bonds is 4. The second-order valence-corrected chi connectivity index (χ2v) is 5.98. The van der Waals surface area contributed by atoms with Crippen LogP contribution in [0.4, 0.5) is 0 Å². The zero-order valence-corrected chi connectivity index (χ0v) is 11.8. The first-order valence-electron chi connectivity index (χ1n) is 6.32. The summed E-state index contributed by atoms with van der Waals surface area (Å²) in [4.78, 5) is 2.40. The van der Waals surface area contributed by atoms with Gasteiger partial charge in [0.05, 0.1) is 0 Å². The van der Waals surface area contributed by atoms with Crippen LogP contribution in [0.1, 0.15) is 38.8 Å². The Morgan fingerprint density at radius 2 is 1.59 bits per heavy atom. The van der Waals surface area contributed by atoms with Gasteiger partial charge in [0.1, 0.15) is 0 Å². The monoisotopic (exact) mass is 234 g/mol. The van der Waals surface area contributed by atoms with Crippen molar-refractivity contribution < 1.29 is 0 Å². The highest BCUT2D eigenvalue weighted by Crippen LogP contribution is 2.24. The van der Waals surface area contributed by atoms with E-state index in [0.717, 1.165) is 6.54 Å². The van der Waals surface area contributed by atoms with Crippen molar-refractivity contribution >= 4 is 0 Å². The van der Waals surface area contributed by atoms with Crippen molar-refractivity contribution in [2.45, 2.75) is 46.8 Å². The zero-order valence-electron chi connectivity index (χ0n) is 11.8. The molecular formula is C15H26N2. The fraction of sp³-hybridized carbons (Fsp3) is 0.600. The van der Waals surface area contributed by atoms with Gasteiger partial charge in [-0.25, -0.2) is 0 Å². The van der Waals surface area contributed by atoms with E-state index in [4.69, 9.17) is 5.73 Å². The van der Waals surface area contributed by atoms with Gasteiger partial charge in [0.2, 0.25) is 0 Å². The summed E-state index contributed by atoms with van der Waals surface area (Å²) >= 11 is 0. The molecule has 1 unspecified atom stereocenters. The molecule has 0 aliphatic heterocycles. The molecule has 0 spiro atoms. The van der Waals surface area contributed by atoms with Gasteiger partial charge in [-0.15, -0.1) is 0 Å². The van der Waals surface area contributed by atoms with E-state index < -0.39 is 0 Å². The quantitative estimate of drug-likeness (QED) is 0.867. The molecule has 0 heterocycles. The molecule has 0 aliphatic rings. The highest BCUT2D eigenvalue weighted by Gasteiger charge is 2.23. The van der Waals surface area contributed by atoms with Crippen LogP contribution in [0, 0.1) is 5.41 Å². The number of nitrogens with zero attached hydrogens (tertiary/aromatic N) is 1. The Balaban J connectivity index is 2.64. The summed E-state index contributed by atoms with van der Waals surface area (Å²) in [6.07, 6.45) is 0. The fourth-order valence-corrected chi connectivity index (χ4v) is 1.87. The molecule has 1 aromatic carbocycles. The third-order valence-electron chi connectivity index (χ3n) is 3.61. The fourth-order valence-electron chi connectivity index (χ4n) is 1.87. The van der Waals surface area contributed by atoms with Gasteiger partial charge in [0.25, 0.3) is 0 Å². The lowest BCUT2D eigenvalue weighted by Gasteiger charge is -2.35. The first-order valence-corrected chi connectivity index (χ1v) is 6.32. The van der Waals surface area contributed by atoms with E-state index >= 15 is 0 Å². The summed E-state index contributed by atoms with van der Waals surface area (Å²) < 4.78 is 0. The van der Waals surface area contributed by atoms with Gasteiger partial charge < -0.3 is 5.73 Å². The van der Waals surface area contributed by atoms with E-state index in [1.54, 1.807) is 0 Å². The van der Waals surface area contributed by atoms with Crippen LogP contribution in [0.5, 0.6) is 0 Å². The van der Waals surface area contributed by atoms with Crippen LogP contribution in [-0.2, 0) is 13.1 Å². The maximum Gasteiger partial charge on any atom is 0.0233 e. The zero-order chi connectivity index (χ0) is 13.1. The van der Waals surface area contributed by atoms with Gasteiger partial charge in [-0.1, -0.05) is 45.0 Å². The van der Waals surface area contributed by atoms with Crippen LogP contribution in [0.25, 0.3) is 0 Å². The van der Waals surface area contributed by atoms with Crippen molar-refractivity contribution in [2.24, 2.45) is 11.1 Å². The lowest BCUT2D eigenvalue weighted by molar-refractivity contribution is 0.134. The molecule has 0 bridgehead atoms. The van der Waals surface area contributed by atoms with Gasteiger partial charge in [-0.2, -0.15) is 0 Å². The molecular weight excluding hydrogens is 208 g/mol. The Morgan fingerprint density at radius 1 is 1.12 bits per heavy atom. The Morgan fingerprint density at radius 3 is 2.00 bits per heavy atom. The topological polar surface area (TPSA) is 29.3 Å². The highest BCUT2D eigenvalue weighted by molar-refractivity contribution is 5.22. The molecule has 0 radical (unpaired) electrons. The Bertz CT molecular complexity index is 335. The van der Waals surface area contributed by atoms with Crippen LogP contribution in [-0.4, -0.2) is 18.0 Å². The number of hydrogen-bond donors (Lipinski definition) is 1. The summed E-state index contributed by atoms with van der Waals surface area (Å²) in [5, 5.41) is 0. The third kappa shape index (κ3) is 4.14. The standard InChI is InChI=1S/C15H26N2/c1-12(15(2,3)4)17(5)11-14-8-6-13(10-16)7-9-14/h6-9,12H,10-11,16H2,1-5H3. The summed E-state index contributed by atoms with van der Waals surface area (Å²) in [6.45, 7) is 10.7. The molecule has 1 aromatic rings. The number of nitrogens with two attached hydrogens (primary N) is 1. The second kappa shape index (κ2) is 5.65. The van der Waals surface area contributed by atoms with E-state index in [1.807, 2.05) is 0 Å². The molecule has 2 N–H and O–H groups in total. The first kappa shape index (κ1) is 14.2. The summed E-state index contributed by atoms with van der Waals surface area (Å²) in [5.41, 5.74) is 8.45. The van der Waals surface area contributed by atoms with E-state index in [0.29, 0.717) is 18.0 Å². The van der Waals surface area contributed by atoms with Crippen LogP contribution in [0.15, 0.2) is 24.3 Å². The Labute approximate surface area is 106 Å². The van der Waals surface area contributed by atoms with Crippen molar-refractivity contribution in [3.8, 4) is 0 Å². The van der Waals surface area contributed by atoms with Crippen LogP contribution < -0.4 is 5.73 Å². The largest absolute Gasteiger partial charge is 0.326 e. The third-order valence-corrected chi connectivity index (χ3v) is 3.61. The van der Waals surface area contributed by atoms with Crippen molar-refractivity contribution in [1.29, 1.82) is 0 Å². The number of hydrogen-bond acceptors (Lipinski definition) is 2. The molecule has 0 saturated carbocycles. The first-order chi connectivity index (χ1) is 7.84. The molecule has 0 fully saturated rings. The van der Waals surface area contributed by atoms with Crippen LogP contribution in [0.3, 0.4) is 0 Å². The summed E-state index contributed by atoms with van der Waals surface area (Å²) in [6, 6.07) is 9.13. The maximum atomic E-state index is 5.60. The predicted molar refractivity (Wildman–Crippen MR) is 74.7 cm³/mol. The summed E-state index contributed by atoms with van der Waals surface area (Å²) in [5.74, 6) is 0. The summed E-state index contributed by atoms with van der Waals surface area (Å²) in [7, 11) is 2.19. The normalized spacial score (nSPS) is 14.1. The molecule has 0 aliphatic carbocycles. The van der Waals surface area contributed by atoms with Crippen molar-refractivity contribution in [3.63, 3.8) is 0 Å². The van der Waals surface area contributed by atoms with E-state index in [9.17, 15) is 0 Å². The van der Waals surface area contributed by atoms with Crippen molar-refractivity contribution in [2.75, 3.05) is 7.05 Å². The lowest BCUT2D eigenvalue weighted by atomic mass is 9.87. The molecule has 0 amide bonds. The van der Waals surface area contributed by atoms with Crippen LogP contribution >= 0.6 is 0 Å². The van der Waals surface area contributed by atoms with Crippen LogP contribution in [0.2, 0.25) is 0 Å². The SMILES string of the molecule is CC(N(C)Cc1ccc(CN)cc1)C(C)(C)C. The molecule has 96 valence electrons. The molecule has 1 atom stereocenters. The Hall–Kier alpha value is -0.860. The van der Waals surface area contributed by atoms with E-state index in [1.165, 1.54) is 11.1 Å². The predicted octanol–water partition coefficient (Wildman–Crippen LogP) is 3.01. The van der Waals surface area contributed by atoms with Gasteiger partial charge in [0, 0.05) is 19.1 Å². The molecule has 0 aromatic heterocycles. The maximum absolute atomic E-state index is 5.60. The van der Waals surface area contributed by atoms with Gasteiger partial charge in [-0.3, -0.25) is 4.90 Å².